The zero-order chi connectivity index (χ0) is 33.4. The van der Waals surface area contributed by atoms with Gasteiger partial charge in [-0.2, -0.15) is 9.97 Å². The van der Waals surface area contributed by atoms with Crippen molar-refractivity contribution in [2.45, 2.75) is 36.7 Å². The molecule has 7 rings (SSSR count). The molecule has 0 aliphatic carbocycles. The van der Waals surface area contributed by atoms with Crippen LogP contribution in [0.2, 0.25) is 5.02 Å². The Morgan fingerprint density at radius 2 is 1.94 bits per heavy atom. The normalized spacial score (nSPS) is 19.2. The molecule has 0 bridgehead atoms. The summed E-state index contributed by atoms with van der Waals surface area (Å²) in [5.41, 5.74) is 7.91. The Kier molecular flexibility index (Phi) is 9.72. The number of fused-ring (bicyclic) bond motifs is 1. The molecule has 15 heteroatoms. The third-order valence-corrected chi connectivity index (χ3v) is 11.1. The summed E-state index contributed by atoms with van der Waals surface area (Å²) in [5.74, 6) is 0.715. The Morgan fingerprint density at radius 3 is 2.69 bits per heavy atom. The van der Waals surface area contributed by atoms with Gasteiger partial charge < -0.3 is 24.7 Å². The number of oxazole rings is 1. The van der Waals surface area contributed by atoms with Crippen LogP contribution in [0.4, 0.5) is 16.2 Å². The minimum atomic E-state index is -0.559. The lowest BCUT2D eigenvalue weighted by molar-refractivity contribution is 0.126. The minimum Gasteiger partial charge on any atom is -0.421 e. The van der Waals surface area contributed by atoms with Gasteiger partial charge in [0.05, 0.1) is 41.8 Å². The fourth-order valence-corrected chi connectivity index (χ4v) is 8.67. The van der Waals surface area contributed by atoms with Crippen LogP contribution in [0.25, 0.3) is 33.1 Å². The second-order valence-corrected chi connectivity index (χ2v) is 13.8. The molecule has 0 spiro atoms. The molecule has 2 aromatic carbocycles. The number of halogens is 2. The minimum absolute atomic E-state index is 0.0275. The van der Waals surface area contributed by atoms with Crippen molar-refractivity contribution in [3.05, 3.63) is 39.5 Å². The molecule has 2 saturated heterocycles. The second-order valence-electron chi connectivity index (χ2n) is 12.4. The first-order valence-electron chi connectivity index (χ1n) is 16.4. The number of nitrogens with two attached hydrogens (primary N) is 1. The predicted octanol–water partition coefficient (Wildman–Crippen LogP) is 4.65. The molecular formula is C33H39ClFN9O3S. The van der Waals surface area contributed by atoms with Crippen molar-refractivity contribution in [2.24, 2.45) is 9.98 Å². The van der Waals surface area contributed by atoms with E-state index in [0.29, 0.717) is 54.0 Å². The highest BCUT2D eigenvalue weighted by Crippen LogP contribution is 2.49. The van der Waals surface area contributed by atoms with Crippen LogP contribution in [0.15, 0.2) is 42.3 Å². The summed E-state index contributed by atoms with van der Waals surface area (Å²) in [4.78, 5) is 39.8. The van der Waals surface area contributed by atoms with Gasteiger partial charge in [-0.25, -0.2) is 19.2 Å². The van der Waals surface area contributed by atoms with Crippen LogP contribution < -0.4 is 16.3 Å². The number of thioether (sulfide) groups is 1. The van der Waals surface area contributed by atoms with E-state index in [-0.39, 0.29) is 34.9 Å². The monoisotopic (exact) mass is 695 g/mol. The molecular weight excluding hydrogens is 657 g/mol. The van der Waals surface area contributed by atoms with Gasteiger partial charge in [-0.1, -0.05) is 18.5 Å². The highest BCUT2D eigenvalue weighted by Gasteiger charge is 2.33. The number of anilines is 2. The number of piperidine rings is 1. The van der Waals surface area contributed by atoms with E-state index < -0.39 is 5.82 Å². The van der Waals surface area contributed by atoms with E-state index in [2.05, 4.69) is 42.6 Å². The average molecular weight is 696 g/mol. The average Bonchev–Trinajstić information content (AvgIpc) is 3.50. The summed E-state index contributed by atoms with van der Waals surface area (Å²) in [6.45, 7) is 10.3. The number of hydrogen-bond acceptors (Lipinski definition) is 12. The third kappa shape index (κ3) is 6.33. The number of aliphatic imine (C=N–C) groups is 2. The standard InChI is InChI=1S/C33H39ClFN9O3S/c1-3-41-11-13-42(14-12-41)17-21-18-48-30-26(22-4-5-25(35)29-27(22)39-32(36)47-29)24(34)16-23-28(30)44(21)33(45)40-31(23)43-9-6-20(7-10-43)38-19-37-8-15-46-2/h4-5,16,20-21H,3,6-15,17-18H2,1-2H3,(H2,36,39)/t21-/m0/s1. The SMILES string of the molecule is CCN1CCN(C[C@H]2CSc3c(-c4ccc(F)c5oc(N)nc45)c(Cl)cc4c(N5CCC(N=C=NCCOC)CC5)nc(=O)n2c34)CC1. The Hall–Kier alpha value is -3.52. The number of aromatic nitrogens is 3. The van der Waals surface area contributed by atoms with Gasteiger partial charge in [0.15, 0.2) is 11.4 Å². The number of nitrogens with zero attached hydrogens (tertiary/aromatic N) is 8. The Balaban J connectivity index is 1.31. The van der Waals surface area contributed by atoms with Gasteiger partial charge in [-0.3, -0.25) is 9.47 Å². The van der Waals surface area contributed by atoms with E-state index in [9.17, 15) is 9.18 Å². The van der Waals surface area contributed by atoms with Crippen molar-refractivity contribution >= 4 is 63.2 Å². The third-order valence-electron chi connectivity index (χ3n) is 9.53. The fourth-order valence-electron chi connectivity index (χ4n) is 6.98. The summed E-state index contributed by atoms with van der Waals surface area (Å²) in [5, 5.41) is 1.26. The molecule has 3 aliphatic rings. The first-order chi connectivity index (χ1) is 23.4. The maximum Gasteiger partial charge on any atom is 0.350 e. The van der Waals surface area contributed by atoms with Crippen molar-refractivity contribution < 1.29 is 13.5 Å². The predicted molar refractivity (Wildman–Crippen MR) is 189 cm³/mol. The van der Waals surface area contributed by atoms with Gasteiger partial charge in [0.1, 0.15) is 11.3 Å². The zero-order valence-corrected chi connectivity index (χ0v) is 28.7. The number of piperazine rings is 1. The van der Waals surface area contributed by atoms with E-state index in [0.717, 1.165) is 67.9 Å². The summed E-state index contributed by atoms with van der Waals surface area (Å²) >= 11 is 8.81. The van der Waals surface area contributed by atoms with Gasteiger partial charge in [0.25, 0.3) is 6.01 Å². The molecule has 2 N–H and O–H groups in total. The first kappa shape index (κ1) is 33.0. The molecule has 2 fully saturated rings. The van der Waals surface area contributed by atoms with Crippen LogP contribution in [0.3, 0.4) is 0 Å². The number of nitrogen functional groups attached to an aromatic ring is 1. The lowest BCUT2D eigenvalue weighted by Gasteiger charge is -2.38. The molecule has 0 amide bonds. The Morgan fingerprint density at radius 1 is 1.17 bits per heavy atom. The van der Waals surface area contributed by atoms with Gasteiger partial charge in [0.2, 0.25) is 0 Å². The van der Waals surface area contributed by atoms with Gasteiger partial charge in [-0.15, -0.1) is 11.8 Å². The van der Waals surface area contributed by atoms with Gasteiger partial charge >= 0.3 is 5.69 Å². The molecule has 0 unspecified atom stereocenters. The number of likely N-dealkylation sites (N-methyl/N-ethyl adjacent to an activating group) is 1. The van der Waals surface area contributed by atoms with Crippen molar-refractivity contribution in [3.8, 4) is 11.1 Å². The van der Waals surface area contributed by atoms with E-state index >= 15 is 0 Å². The van der Waals surface area contributed by atoms with E-state index in [1.165, 1.54) is 6.07 Å². The van der Waals surface area contributed by atoms with E-state index in [1.54, 1.807) is 24.9 Å². The second kappa shape index (κ2) is 14.1. The largest absolute Gasteiger partial charge is 0.421 e. The molecule has 12 nitrogen and oxygen atoms in total. The number of benzene rings is 2. The topological polar surface area (TPSA) is 131 Å². The number of hydrogen-bond donors (Lipinski definition) is 1. The molecule has 48 heavy (non-hydrogen) atoms. The van der Waals surface area contributed by atoms with Crippen molar-refractivity contribution in [1.82, 2.24) is 24.3 Å². The van der Waals surface area contributed by atoms with Gasteiger partial charge in [0, 0.05) is 80.1 Å². The van der Waals surface area contributed by atoms with Crippen LogP contribution in [-0.4, -0.2) is 115 Å². The molecule has 3 aliphatic heterocycles. The maximum absolute atomic E-state index is 14.8. The number of ether oxygens (including phenoxy) is 1. The fraction of sp³-hybridized carbons (Fsp3) is 0.515. The number of rotatable bonds is 9. The molecule has 0 radical (unpaired) electrons. The van der Waals surface area contributed by atoms with Crippen LogP contribution in [0, 0.1) is 5.82 Å². The molecule has 1 atom stereocenters. The molecule has 0 saturated carbocycles. The highest BCUT2D eigenvalue weighted by molar-refractivity contribution is 7.99. The molecule has 2 aromatic heterocycles. The summed E-state index contributed by atoms with van der Waals surface area (Å²) in [7, 11) is 1.64. The maximum atomic E-state index is 14.8. The highest BCUT2D eigenvalue weighted by atomic mass is 35.5. The van der Waals surface area contributed by atoms with Crippen LogP contribution in [0.5, 0.6) is 0 Å². The lowest BCUT2D eigenvalue weighted by atomic mass is 10.00. The molecule has 254 valence electrons. The van der Waals surface area contributed by atoms with Gasteiger partial charge in [-0.05, 0) is 37.6 Å². The van der Waals surface area contributed by atoms with Crippen LogP contribution in [-0.2, 0) is 4.74 Å². The smallest absolute Gasteiger partial charge is 0.350 e. The van der Waals surface area contributed by atoms with E-state index in [1.807, 2.05) is 10.6 Å². The van der Waals surface area contributed by atoms with Crippen molar-refractivity contribution in [2.75, 3.05) is 89.0 Å². The summed E-state index contributed by atoms with van der Waals surface area (Å²) in [6, 6.07) is 7.57. The Labute approximate surface area is 286 Å². The van der Waals surface area contributed by atoms with Crippen LogP contribution >= 0.6 is 23.4 Å². The van der Waals surface area contributed by atoms with Crippen molar-refractivity contribution in [3.63, 3.8) is 0 Å². The summed E-state index contributed by atoms with van der Waals surface area (Å²) < 4.78 is 27.1. The molecule has 4 aromatic rings. The lowest BCUT2D eigenvalue weighted by Crippen LogP contribution is -2.49. The summed E-state index contributed by atoms with van der Waals surface area (Å²) in [6.07, 6.45) is 1.56. The molecule has 5 heterocycles. The first-order valence-corrected chi connectivity index (χ1v) is 17.8. The van der Waals surface area contributed by atoms with Crippen LogP contribution in [0.1, 0.15) is 25.8 Å². The van der Waals surface area contributed by atoms with E-state index in [4.69, 9.17) is 31.5 Å². The van der Waals surface area contributed by atoms with Crippen molar-refractivity contribution in [1.29, 1.82) is 0 Å². The number of methoxy groups -OCH3 is 1. The zero-order valence-electron chi connectivity index (χ0n) is 27.1. The quantitative estimate of drug-likeness (QED) is 0.195. The Bertz CT molecular complexity index is 1950.